The fourth-order valence-electron chi connectivity index (χ4n) is 3.45. The maximum atomic E-state index is 12.3. The predicted molar refractivity (Wildman–Crippen MR) is 94.2 cm³/mol. The Morgan fingerprint density at radius 2 is 2.36 bits per heavy atom. The van der Waals surface area contributed by atoms with Crippen LogP contribution in [0.2, 0.25) is 0 Å². The van der Waals surface area contributed by atoms with Crippen molar-refractivity contribution in [3.63, 3.8) is 0 Å². The van der Waals surface area contributed by atoms with E-state index in [1.165, 1.54) is 6.42 Å². The van der Waals surface area contributed by atoms with Gasteiger partial charge in [0.15, 0.2) is 0 Å². The van der Waals surface area contributed by atoms with Crippen LogP contribution >= 0.6 is 0 Å². The number of nitrogens with zero attached hydrogens (tertiary/aromatic N) is 3. The lowest BCUT2D eigenvalue weighted by Gasteiger charge is -2.22. The first-order valence-corrected chi connectivity index (χ1v) is 8.68. The second kappa shape index (κ2) is 6.68. The van der Waals surface area contributed by atoms with Crippen LogP contribution in [0.4, 0.5) is 0 Å². The van der Waals surface area contributed by atoms with E-state index in [-0.39, 0.29) is 11.8 Å². The lowest BCUT2D eigenvalue weighted by atomic mass is 10.1. The standard InChI is InChI=1S/C18H21N5O2/c1-2-23-9-3-4-14(23)11-20-17(24)18-21-16(22-25-18)13-5-6-15-12(10-13)7-8-19-15/h5-8,10,14,19H,2-4,9,11H2,1H3,(H,20,24)/t14-/m0/s1. The SMILES string of the molecule is CCN1CCC[C@H]1CNC(=O)c1nc(-c2ccc3[nH]ccc3c2)no1. The number of amides is 1. The minimum absolute atomic E-state index is 0.00482. The Labute approximate surface area is 145 Å². The van der Waals surface area contributed by atoms with Crippen LogP contribution < -0.4 is 5.32 Å². The van der Waals surface area contributed by atoms with Crippen LogP contribution in [0.5, 0.6) is 0 Å². The molecule has 1 aromatic carbocycles. The molecule has 2 aromatic heterocycles. The smallest absolute Gasteiger partial charge is 0.316 e. The van der Waals surface area contributed by atoms with Crippen molar-refractivity contribution in [2.45, 2.75) is 25.8 Å². The second-order valence-electron chi connectivity index (χ2n) is 6.34. The van der Waals surface area contributed by atoms with Crippen LogP contribution in [0.3, 0.4) is 0 Å². The fraction of sp³-hybridized carbons (Fsp3) is 0.389. The predicted octanol–water partition coefficient (Wildman–Crippen LogP) is 2.43. The highest BCUT2D eigenvalue weighted by molar-refractivity contribution is 5.90. The molecule has 0 unspecified atom stereocenters. The molecular formula is C18H21N5O2. The normalized spacial score (nSPS) is 18.0. The lowest BCUT2D eigenvalue weighted by Crippen LogP contribution is -2.40. The molecule has 2 N–H and O–H groups in total. The van der Waals surface area contributed by atoms with Gasteiger partial charge in [0, 0.05) is 35.2 Å². The van der Waals surface area contributed by atoms with Crippen molar-refractivity contribution >= 4 is 16.8 Å². The average molecular weight is 339 g/mol. The molecule has 0 radical (unpaired) electrons. The Morgan fingerprint density at radius 3 is 3.24 bits per heavy atom. The largest absolute Gasteiger partial charge is 0.361 e. The summed E-state index contributed by atoms with van der Waals surface area (Å²) in [6, 6.07) is 8.21. The molecule has 1 aliphatic rings. The van der Waals surface area contributed by atoms with E-state index in [0.717, 1.165) is 36.0 Å². The highest BCUT2D eigenvalue weighted by Crippen LogP contribution is 2.21. The number of likely N-dealkylation sites (N-methyl/N-ethyl adjacent to an activating group) is 1. The third-order valence-electron chi connectivity index (χ3n) is 4.84. The van der Waals surface area contributed by atoms with E-state index in [1.807, 2.05) is 30.5 Å². The van der Waals surface area contributed by atoms with Gasteiger partial charge in [-0.2, -0.15) is 4.98 Å². The van der Waals surface area contributed by atoms with Crippen LogP contribution in [0.15, 0.2) is 35.0 Å². The van der Waals surface area contributed by atoms with Crippen molar-refractivity contribution in [2.24, 2.45) is 0 Å². The second-order valence-corrected chi connectivity index (χ2v) is 6.34. The van der Waals surface area contributed by atoms with E-state index >= 15 is 0 Å². The molecule has 0 saturated carbocycles. The first kappa shape index (κ1) is 15.8. The van der Waals surface area contributed by atoms with E-state index < -0.39 is 0 Å². The van der Waals surface area contributed by atoms with E-state index in [4.69, 9.17) is 4.52 Å². The van der Waals surface area contributed by atoms with Gasteiger partial charge in [-0.05, 0) is 50.2 Å². The molecule has 3 heterocycles. The summed E-state index contributed by atoms with van der Waals surface area (Å²) in [5.74, 6) is 0.110. The minimum atomic E-state index is -0.315. The van der Waals surface area contributed by atoms with Crippen molar-refractivity contribution < 1.29 is 9.32 Å². The Kier molecular flexibility index (Phi) is 4.23. The molecule has 7 heteroatoms. The van der Waals surface area contributed by atoms with Gasteiger partial charge in [-0.25, -0.2) is 0 Å². The summed E-state index contributed by atoms with van der Waals surface area (Å²) in [7, 11) is 0. The first-order chi connectivity index (χ1) is 12.2. The Bertz CT molecular complexity index is 884. The number of aromatic nitrogens is 3. The zero-order valence-electron chi connectivity index (χ0n) is 14.2. The van der Waals surface area contributed by atoms with E-state index in [2.05, 4.69) is 32.3 Å². The number of H-pyrrole nitrogens is 1. The van der Waals surface area contributed by atoms with Crippen LogP contribution in [-0.4, -0.2) is 51.6 Å². The van der Waals surface area contributed by atoms with Crippen molar-refractivity contribution in [1.82, 2.24) is 25.3 Å². The summed E-state index contributed by atoms with van der Waals surface area (Å²) in [5, 5.41) is 7.92. The highest BCUT2D eigenvalue weighted by atomic mass is 16.5. The van der Waals surface area contributed by atoms with Crippen LogP contribution in [0.1, 0.15) is 30.5 Å². The Morgan fingerprint density at radius 1 is 1.44 bits per heavy atom. The van der Waals surface area contributed by atoms with Gasteiger partial charge in [0.2, 0.25) is 5.82 Å². The van der Waals surface area contributed by atoms with Gasteiger partial charge in [0.1, 0.15) is 0 Å². The number of nitrogens with one attached hydrogen (secondary N) is 2. The first-order valence-electron chi connectivity index (χ1n) is 8.68. The number of hydrogen-bond donors (Lipinski definition) is 2. The topological polar surface area (TPSA) is 87.0 Å². The number of fused-ring (bicyclic) bond motifs is 1. The van der Waals surface area contributed by atoms with Crippen molar-refractivity contribution in [1.29, 1.82) is 0 Å². The molecule has 0 spiro atoms. The zero-order valence-corrected chi connectivity index (χ0v) is 14.2. The highest BCUT2D eigenvalue weighted by Gasteiger charge is 2.24. The van der Waals surface area contributed by atoms with Gasteiger partial charge in [0.25, 0.3) is 0 Å². The molecular weight excluding hydrogens is 318 g/mol. The summed E-state index contributed by atoms with van der Waals surface area (Å²) in [6.07, 6.45) is 4.17. The van der Waals surface area contributed by atoms with Gasteiger partial charge >= 0.3 is 11.8 Å². The number of benzene rings is 1. The third-order valence-corrected chi connectivity index (χ3v) is 4.84. The zero-order chi connectivity index (χ0) is 17.2. The van der Waals surface area contributed by atoms with Gasteiger partial charge < -0.3 is 14.8 Å². The summed E-state index contributed by atoms with van der Waals surface area (Å²) in [4.78, 5) is 22.0. The van der Waals surface area contributed by atoms with Gasteiger partial charge in [-0.3, -0.25) is 9.69 Å². The number of likely N-dealkylation sites (tertiary alicyclic amines) is 1. The molecule has 3 aromatic rings. The molecule has 7 nitrogen and oxygen atoms in total. The minimum Gasteiger partial charge on any atom is -0.361 e. The third kappa shape index (κ3) is 3.15. The van der Waals surface area contributed by atoms with E-state index in [1.54, 1.807) is 0 Å². The van der Waals surface area contributed by atoms with Crippen LogP contribution in [-0.2, 0) is 0 Å². The number of carbonyl (C=O) groups is 1. The summed E-state index contributed by atoms with van der Waals surface area (Å²) >= 11 is 0. The molecule has 130 valence electrons. The Hall–Kier alpha value is -2.67. The van der Waals surface area contributed by atoms with Crippen molar-refractivity contribution in [3.05, 3.63) is 36.4 Å². The number of rotatable bonds is 5. The van der Waals surface area contributed by atoms with E-state index in [9.17, 15) is 4.79 Å². The molecule has 25 heavy (non-hydrogen) atoms. The Balaban J connectivity index is 1.44. The molecule has 1 amide bonds. The van der Waals surface area contributed by atoms with Gasteiger partial charge in [-0.15, -0.1) is 0 Å². The molecule has 1 aliphatic heterocycles. The summed E-state index contributed by atoms with van der Waals surface area (Å²) < 4.78 is 5.15. The summed E-state index contributed by atoms with van der Waals surface area (Å²) in [6.45, 7) is 4.86. The number of aromatic amines is 1. The molecule has 4 rings (SSSR count). The van der Waals surface area contributed by atoms with Crippen LogP contribution in [0, 0.1) is 0 Å². The molecule has 1 atom stereocenters. The quantitative estimate of drug-likeness (QED) is 0.745. The summed E-state index contributed by atoms with van der Waals surface area (Å²) in [5.41, 5.74) is 1.87. The monoisotopic (exact) mass is 339 g/mol. The fourth-order valence-corrected chi connectivity index (χ4v) is 3.45. The van der Waals surface area contributed by atoms with Crippen LogP contribution in [0.25, 0.3) is 22.3 Å². The molecule has 0 aliphatic carbocycles. The molecule has 0 bridgehead atoms. The van der Waals surface area contributed by atoms with Crippen molar-refractivity contribution in [3.8, 4) is 11.4 Å². The van der Waals surface area contributed by atoms with E-state index in [0.29, 0.717) is 18.4 Å². The van der Waals surface area contributed by atoms with Gasteiger partial charge in [-0.1, -0.05) is 12.1 Å². The average Bonchev–Trinajstić information content (AvgIpc) is 3.38. The molecule has 1 fully saturated rings. The maximum Gasteiger partial charge on any atom is 0.316 e. The van der Waals surface area contributed by atoms with Crippen molar-refractivity contribution in [2.75, 3.05) is 19.6 Å². The lowest BCUT2D eigenvalue weighted by molar-refractivity contribution is 0.0897. The van der Waals surface area contributed by atoms with Gasteiger partial charge in [0.05, 0.1) is 0 Å². The maximum absolute atomic E-state index is 12.3. The number of carbonyl (C=O) groups excluding carboxylic acids is 1. The molecule has 1 saturated heterocycles. The number of hydrogen-bond acceptors (Lipinski definition) is 5.